The van der Waals surface area contributed by atoms with E-state index in [-0.39, 0.29) is 11.9 Å². The molecule has 0 aliphatic heterocycles. The first kappa shape index (κ1) is 15.4. The van der Waals surface area contributed by atoms with Crippen LogP contribution in [0, 0.1) is 0 Å². The lowest BCUT2D eigenvalue weighted by molar-refractivity contribution is -0.121. The molecule has 2 aromatic rings. The molecule has 1 atom stereocenters. The van der Waals surface area contributed by atoms with E-state index in [1.165, 1.54) is 0 Å². The SMILES string of the molecule is CN(C)c1ncc2c(n1)CCC[C@@H]2NC(=O)Cc1ccncc1. The van der Waals surface area contributed by atoms with Gasteiger partial charge in [-0.15, -0.1) is 0 Å². The van der Waals surface area contributed by atoms with Crippen molar-refractivity contribution in [3.05, 3.63) is 47.5 Å². The van der Waals surface area contributed by atoms with Gasteiger partial charge in [0.1, 0.15) is 0 Å². The van der Waals surface area contributed by atoms with Crippen LogP contribution < -0.4 is 10.2 Å². The molecule has 0 aromatic carbocycles. The van der Waals surface area contributed by atoms with Crippen LogP contribution in [0.2, 0.25) is 0 Å². The van der Waals surface area contributed by atoms with Crippen LogP contribution in [0.15, 0.2) is 30.7 Å². The highest BCUT2D eigenvalue weighted by molar-refractivity contribution is 5.79. The third-order valence-corrected chi connectivity index (χ3v) is 4.02. The van der Waals surface area contributed by atoms with Gasteiger partial charge in [-0.05, 0) is 37.0 Å². The average Bonchev–Trinajstić information content (AvgIpc) is 2.55. The Bertz CT molecular complexity index is 687. The van der Waals surface area contributed by atoms with E-state index in [2.05, 4.69) is 20.3 Å². The van der Waals surface area contributed by atoms with Crippen LogP contribution in [-0.2, 0) is 17.6 Å². The first-order chi connectivity index (χ1) is 11.1. The molecule has 3 rings (SSSR count). The van der Waals surface area contributed by atoms with Crippen molar-refractivity contribution in [2.75, 3.05) is 19.0 Å². The Morgan fingerprint density at radius 3 is 2.87 bits per heavy atom. The fourth-order valence-corrected chi connectivity index (χ4v) is 2.83. The molecule has 1 amide bonds. The minimum Gasteiger partial charge on any atom is -0.349 e. The number of carbonyl (C=O) groups excluding carboxylic acids is 1. The van der Waals surface area contributed by atoms with Crippen LogP contribution in [0.1, 0.15) is 35.7 Å². The Labute approximate surface area is 136 Å². The zero-order valence-electron chi connectivity index (χ0n) is 13.5. The van der Waals surface area contributed by atoms with E-state index in [0.717, 1.165) is 36.1 Å². The largest absolute Gasteiger partial charge is 0.349 e. The summed E-state index contributed by atoms with van der Waals surface area (Å²) in [5, 5.41) is 3.12. The van der Waals surface area contributed by atoms with Gasteiger partial charge in [0.2, 0.25) is 11.9 Å². The van der Waals surface area contributed by atoms with Gasteiger partial charge in [0.25, 0.3) is 0 Å². The van der Waals surface area contributed by atoms with Gasteiger partial charge in [-0.25, -0.2) is 9.97 Å². The third-order valence-electron chi connectivity index (χ3n) is 4.02. The molecular formula is C17H21N5O. The lowest BCUT2D eigenvalue weighted by atomic mass is 9.92. The maximum atomic E-state index is 12.3. The lowest BCUT2D eigenvalue weighted by Crippen LogP contribution is -2.32. The standard InChI is InChI=1S/C17H21N5O/c1-22(2)17-19-11-13-14(4-3-5-15(13)21-17)20-16(23)10-12-6-8-18-9-7-12/h6-9,11,14H,3-5,10H2,1-2H3,(H,20,23)/t14-/m0/s1. The summed E-state index contributed by atoms with van der Waals surface area (Å²) < 4.78 is 0. The molecule has 0 fully saturated rings. The van der Waals surface area contributed by atoms with Crippen LogP contribution in [0.25, 0.3) is 0 Å². The Morgan fingerprint density at radius 1 is 1.35 bits per heavy atom. The van der Waals surface area contributed by atoms with Crippen molar-refractivity contribution in [2.24, 2.45) is 0 Å². The smallest absolute Gasteiger partial charge is 0.225 e. The second-order valence-corrected chi connectivity index (χ2v) is 6.01. The molecule has 120 valence electrons. The molecule has 1 aliphatic rings. The summed E-state index contributed by atoms with van der Waals surface area (Å²) in [4.78, 5) is 27.1. The maximum absolute atomic E-state index is 12.3. The predicted octanol–water partition coefficient (Wildman–Crippen LogP) is 1.67. The van der Waals surface area contributed by atoms with E-state index in [1.807, 2.05) is 37.3 Å². The van der Waals surface area contributed by atoms with Crippen molar-refractivity contribution >= 4 is 11.9 Å². The van der Waals surface area contributed by atoms with E-state index in [9.17, 15) is 4.79 Å². The Morgan fingerprint density at radius 2 is 2.13 bits per heavy atom. The summed E-state index contributed by atoms with van der Waals surface area (Å²) >= 11 is 0. The molecule has 0 unspecified atom stereocenters. The van der Waals surface area contributed by atoms with Gasteiger partial charge in [-0.2, -0.15) is 0 Å². The monoisotopic (exact) mass is 311 g/mol. The van der Waals surface area contributed by atoms with Crippen LogP contribution in [-0.4, -0.2) is 35.0 Å². The number of hydrogen-bond acceptors (Lipinski definition) is 5. The molecule has 0 radical (unpaired) electrons. The summed E-state index contributed by atoms with van der Waals surface area (Å²) in [7, 11) is 3.86. The van der Waals surface area contributed by atoms with Gasteiger partial charge in [0, 0.05) is 38.2 Å². The summed E-state index contributed by atoms with van der Waals surface area (Å²) in [6.07, 6.45) is 8.52. The molecule has 2 aromatic heterocycles. The quantitative estimate of drug-likeness (QED) is 0.930. The topological polar surface area (TPSA) is 71.0 Å². The zero-order valence-corrected chi connectivity index (χ0v) is 13.5. The average molecular weight is 311 g/mol. The molecule has 0 saturated carbocycles. The number of hydrogen-bond donors (Lipinski definition) is 1. The Kier molecular flexibility index (Phi) is 4.50. The van der Waals surface area contributed by atoms with Crippen molar-refractivity contribution in [3.63, 3.8) is 0 Å². The number of nitrogens with one attached hydrogen (secondary N) is 1. The number of amides is 1. The van der Waals surface area contributed by atoms with Crippen molar-refractivity contribution in [2.45, 2.75) is 31.7 Å². The van der Waals surface area contributed by atoms with Gasteiger partial charge in [-0.1, -0.05) is 0 Å². The molecule has 2 heterocycles. The second-order valence-electron chi connectivity index (χ2n) is 6.01. The molecule has 0 saturated heterocycles. The highest BCUT2D eigenvalue weighted by Crippen LogP contribution is 2.29. The second kappa shape index (κ2) is 6.73. The predicted molar refractivity (Wildman–Crippen MR) is 88.1 cm³/mol. The van der Waals surface area contributed by atoms with E-state index in [4.69, 9.17) is 0 Å². The molecule has 6 heteroatoms. The fourth-order valence-electron chi connectivity index (χ4n) is 2.83. The Hall–Kier alpha value is -2.50. The molecule has 1 aliphatic carbocycles. The molecule has 23 heavy (non-hydrogen) atoms. The van der Waals surface area contributed by atoms with Crippen LogP contribution in [0.5, 0.6) is 0 Å². The summed E-state index contributed by atoms with van der Waals surface area (Å²) in [6, 6.07) is 3.73. The van der Waals surface area contributed by atoms with Gasteiger partial charge in [0.15, 0.2) is 0 Å². The van der Waals surface area contributed by atoms with Crippen LogP contribution >= 0.6 is 0 Å². The van der Waals surface area contributed by atoms with E-state index in [1.54, 1.807) is 12.4 Å². The number of aromatic nitrogens is 3. The molecule has 1 N–H and O–H groups in total. The van der Waals surface area contributed by atoms with Crippen molar-refractivity contribution in [1.29, 1.82) is 0 Å². The normalized spacial score (nSPS) is 16.5. The lowest BCUT2D eigenvalue weighted by Gasteiger charge is -2.26. The number of anilines is 1. The summed E-state index contributed by atoms with van der Waals surface area (Å²) in [5.41, 5.74) is 3.06. The first-order valence-electron chi connectivity index (χ1n) is 7.85. The zero-order chi connectivity index (χ0) is 16.2. The molecular weight excluding hydrogens is 290 g/mol. The van der Waals surface area contributed by atoms with E-state index in [0.29, 0.717) is 12.4 Å². The fraction of sp³-hybridized carbons (Fsp3) is 0.412. The summed E-state index contributed by atoms with van der Waals surface area (Å²) in [5.74, 6) is 0.734. The number of carbonyl (C=O) groups is 1. The van der Waals surface area contributed by atoms with Crippen molar-refractivity contribution in [3.8, 4) is 0 Å². The van der Waals surface area contributed by atoms with Gasteiger partial charge in [-0.3, -0.25) is 9.78 Å². The summed E-state index contributed by atoms with van der Waals surface area (Å²) in [6.45, 7) is 0. The van der Waals surface area contributed by atoms with E-state index < -0.39 is 0 Å². The number of fused-ring (bicyclic) bond motifs is 1. The third kappa shape index (κ3) is 3.64. The molecule has 6 nitrogen and oxygen atoms in total. The molecule has 0 bridgehead atoms. The maximum Gasteiger partial charge on any atom is 0.225 e. The number of rotatable bonds is 4. The van der Waals surface area contributed by atoms with Gasteiger partial charge < -0.3 is 10.2 Å². The minimum absolute atomic E-state index is 0.00398. The van der Waals surface area contributed by atoms with Crippen LogP contribution in [0.3, 0.4) is 0 Å². The highest BCUT2D eigenvalue weighted by Gasteiger charge is 2.24. The first-order valence-corrected chi connectivity index (χ1v) is 7.85. The van der Waals surface area contributed by atoms with Gasteiger partial charge in [0.05, 0.1) is 18.2 Å². The molecule has 0 spiro atoms. The van der Waals surface area contributed by atoms with E-state index >= 15 is 0 Å². The number of aryl methyl sites for hydroxylation is 1. The number of pyridine rings is 1. The van der Waals surface area contributed by atoms with Crippen molar-refractivity contribution in [1.82, 2.24) is 20.3 Å². The minimum atomic E-state index is 0.00398. The number of nitrogens with zero attached hydrogens (tertiary/aromatic N) is 4. The van der Waals surface area contributed by atoms with Crippen LogP contribution in [0.4, 0.5) is 5.95 Å². The highest BCUT2D eigenvalue weighted by atomic mass is 16.1. The van der Waals surface area contributed by atoms with Gasteiger partial charge >= 0.3 is 0 Å². The Balaban J connectivity index is 1.71. The van der Waals surface area contributed by atoms with Crippen molar-refractivity contribution < 1.29 is 4.79 Å².